The molecule has 2 N–H and O–H groups in total. The smallest absolute Gasteiger partial charge is 0.366 e. The average Bonchev–Trinajstić information content (AvgIpc) is 3.44. The number of carbonyl (C=O) groups is 1. The minimum Gasteiger partial charge on any atom is -0.388 e. The summed E-state index contributed by atoms with van der Waals surface area (Å²) in [7, 11) is 1.59. The predicted molar refractivity (Wildman–Crippen MR) is 128 cm³/mol. The van der Waals surface area contributed by atoms with Crippen LogP contribution in [-0.4, -0.2) is 18.1 Å². The summed E-state index contributed by atoms with van der Waals surface area (Å²) in [5, 5.41) is 10.4. The highest BCUT2D eigenvalue weighted by molar-refractivity contribution is 7.13. The second kappa shape index (κ2) is 12.2. The van der Waals surface area contributed by atoms with Crippen LogP contribution in [0.5, 0.6) is 0 Å². The van der Waals surface area contributed by atoms with Gasteiger partial charge < -0.3 is 9.94 Å². The number of aliphatic hydroxyl groups excluding tert-OH is 1. The third kappa shape index (κ3) is 6.76. The number of hydrogen-bond acceptors (Lipinski definition) is 5. The van der Waals surface area contributed by atoms with E-state index in [1.54, 1.807) is 7.05 Å². The molecule has 1 aromatic heterocycles. The summed E-state index contributed by atoms with van der Waals surface area (Å²) in [6.45, 7) is 2.19. The van der Waals surface area contributed by atoms with Gasteiger partial charge in [0.15, 0.2) is 0 Å². The molecule has 168 valence electrons. The Labute approximate surface area is 190 Å². The first-order chi connectivity index (χ1) is 15.1. The monoisotopic (exact) mass is 441 g/mol. The number of hydroxylamine groups is 1. The number of allylic oxidation sites excluding steroid dienone is 2. The number of aliphatic hydroxyl groups is 1. The molecule has 5 heteroatoms. The predicted octanol–water partition coefficient (Wildman–Crippen LogP) is 6.47. The molecule has 0 saturated heterocycles. The van der Waals surface area contributed by atoms with Gasteiger partial charge in [0.05, 0.1) is 6.10 Å². The van der Waals surface area contributed by atoms with Gasteiger partial charge in [0.2, 0.25) is 0 Å². The van der Waals surface area contributed by atoms with Crippen LogP contribution in [0.15, 0.2) is 42.5 Å². The van der Waals surface area contributed by atoms with Gasteiger partial charge in [-0.05, 0) is 73.3 Å². The molecule has 1 unspecified atom stereocenters. The lowest BCUT2D eigenvalue weighted by Gasteiger charge is -2.16. The maximum Gasteiger partial charge on any atom is 0.366 e. The Hall–Kier alpha value is -1.95. The summed E-state index contributed by atoms with van der Waals surface area (Å²) in [4.78, 5) is 18.5. The SMILES string of the molecule is CCCCCC(O)c1ccc(C2=CCC[C@@H]2CCCc2ccc(C(=O)ONC)s2)cc1. The minimum absolute atomic E-state index is 0.321. The number of nitrogens with one attached hydrogen (secondary N) is 1. The fourth-order valence-corrected chi connectivity index (χ4v) is 5.28. The van der Waals surface area contributed by atoms with E-state index in [4.69, 9.17) is 4.84 Å². The molecule has 1 aliphatic carbocycles. The average molecular weight is 442 g/mol. The molecule has 0 saturated carbocycles. The molecule has 1 aromatic carbocycles. The number of aryl methyl sites for hydroxylation is 1. The summed E-state index contributed by atoms with van der Waals surface area (Å²) in [6, 6.07) is 12.4. The molecule has 0 radical (unpaired) electrons. The molecule has 1 aliphatic rings. The molecule has 1 heterocycles. The van der Waals surface area contributed by atoms with Gasteiger partial charge in [-0.3, -0.25) is 0 Å². The van der Waals surface area contributed by atoms with E-state index >= 15 is 0 Å². The Kier molecular flexibility index (Phi) is 9.31. The van der Waals surface area contributed by atoms with E-state index in [0.717, 1.165) is 44.1 Å². The summed E-state index contributed by atoms with van der Waals surface area (Å²) in [5.74, 6) is 0.271. The van der Waals surface area contributed by atoms with Crippen LogP contribution >= 0.6 is 11.3 Å². The van der Waals surface area contributed by atoms with E-state index in [0.29, 0.717) is 10.8 Å². The Balaban J connectivity index is 1.50. The van der Waals surface area contributed by atoms with E-state index in [-0.39, 0.29) is 12.1 Å². The normalized spacial score (nSPS) is 16.9. The van der Waals surface area contributed by atoms with Crippen molar-refractivity contribution in [2.24, 2.45) is 5.92 Å². The molecule has 0 amide bonds. The fourth-order valence-electron chi connectivity index (χ4n) is 4.36. The number of benzene rings is 1. The van der Waals surface area contributed by atoms with Crippen molar-refractivity contribution in [3.63, 3.8) is 0 Å². The largest absolute Gasteiger partial charge is 0.388 e. The molecule has 0 spiro atoms. The lowest BCUT2D eigenvalue weighted by molar-refractivity contribution is 0.0316. The van der Waals surface area contributed by atoms with Crippen LogP contribution in [0, 0.1) is 5.92 Å². The second-order valence-corrected chi connectivity index (χ2v) is 9.49. The van der Waals surface area contributed by atoms with Gasteiger partial charge in [-0.25, -0.2) is 4.79 Å². The van der Waals surface area contributed by atoms with Crippen molar-refractivity contribution >= 4 is 22.9 Å². The second-order valence-electron chi connectivity index (χ2n) is 8.32. The van der Waals surface area contributed by atoms with Crippen LogP contribution in [0.4, 0.5) is 0 Å². The van der Waals surface area contributed by atoms with Crippen LogP contribution < -0.4 is 5.48 Å². The molecular formula is C26H35NO3S. The van der Waals surface area contributed by atoms with Crippen molar-refractivity contribution in [2.45, 2.75) is 70.8 Å². The third-order valence-corrected chi connectivity index (χ3v) is 7.19. The lowest BCUT2D eigenvalue weighted by atomic mass is 9.89. The van der Waals surface area contributed by atoms with Gasteiger partial charge in [-0.15, -0.1) is 11.3 Å². The van der Waals surface area contributed by atoms with Gasteiger partial charge in [-0.2, -0.15) is 5.48 Å². The highest BCUT2D eigenvalue weighted by atomic mass is 32.1. The molecule has 0 bridgehead atoms. The molecule has 2 aromatic rings. The first kappa shape index (κ1) is 23.7. The van der Waals surface area contributed by atoms with Gasteiger partial charge in [-0.1, -0.05) is 56.5 Å². The van der Waals surface area contributed by atoms with Crippen LogP contribution in [0.2, 0.25) is 0 Å². The minimum atomic E-state index is -0.352. The molecule has 0 fully saturated rings. The maximum absolute atomic E-state index is 11.8. The third-order valence-electron chi connectivity index (χ3n) is 6.06. The summed E-state index contributed by atoms with van der Waals surface area (Å²) < 4.78 is 0. The van der Waals surface area contributed by atoms with Crippen LogP contribution in [-0.2, 0) is 11.3 Å². The zero-order valence-corrected chi connectivity index (χ0v) is 19.5. The Morgan fingerprint density at radius 2 is 2.00 bits per heavy atom. The molecule has 3 rings (SSSR count). The van der Waals surface area contributed by atoms with Crippen molar-refractivity contribution < 1.29 is 14.7 Å². The van der Waals surface area contributed by atoms with Crippen molar-refractivity contribution in [1.82, 2.24) is 5.48 Å². The molecule has 0 aliphatic heterocycles. The standard InChI is InChI=1S/C26H35NO3S/c1-3-4-5-12-24(28)21-15-13-20(14-16-21)23-11-7-9-19(23)8-6-10-22-17-18-25(31-22)26(29)30-27-2/h11,13-19,24,27-28H,3-10,12H2,1-2H3/t19-,24?/m0/s1. The summed E-state index contributed by atoms with van der Waals surface area (Å²) >= 11 is 1.52. The summed E-state index contributed by atoms with van der Waals surface area (Å²) in [5.41, 5.74) is 6.21. The van der Waals surface area contributed by atoms with Crippen LogP contribution in [0.1, 0.15) is 90.1 Å². The van der Waals surface area contributed by atoms with Gasteiger partial charge >= 0.3 is 5.97 Å². The first-order valence-corrected chi connectivity index (χ1v) is 12.4. The topological polar surface area (TPSA) is 58.6 Å². The highest BCUT2D eigenvalue weighted by Gasteiger charge is 2.21. The maximum atomic E-state index is 11.8. The number of rotatable bonds is 12. The number of unbranched alkanes of at least 4 members (excludes halogenated alkanes) is 2. The van der Waals surface area contributed by atoms with Crippen molar-refractivity contribution in [3.8, 4) is 0 Å². The number of hydrogen-bond donors (Lipinski definition) is 2. The Bertz CT molecular complexity index is 856. The Morgan fingerprint density at radius 3 is 2.74 bits per heavy atom. The zero-order chi connectivity index (χ0) is 22.1. The first-order valence-electron chi connectivity index (χ1n) is 11.6. The number of carbonyl (C=O) groups excluding carboxylic acids is 1. The molecule has 31 heavy (non-hydrogen) atoms. The molecular weight excluding hydrogens is 406 g/mol. The van der Waals surface area contributed by atoms with Gasteiger partial charge in [0.25, 0.3) is 0 Å². The van der Waals surface area contributed by atoms with E-state index in [1.807, 2.05) is 12.1 Å². The van der Waals surface area contributed by atoms with Crippen molar-refractivity contribution in [3.05, 3.63) is 63.4 Å². The van der Waals surface area contributed by atoms with E-state index in [2.05, 4.69) is 42.7 Å². The van der Waals surface area contributed by atoms with Gasteiger partial charge in [0, 0.05) is 11.9 Å². The Morgan fingerprint density at radius 1 is 1.19 bits per heavy atom. The van der Waals surface area contributed by atoms with Crippen molar-refractivity contribution in [1.29, 1.82) is 0 Å². The van der Waals surface area contributed by atoms with Crippen molar-refractivity contribution in [2.75, 3.05) is 7.05 Å². The van der Waals surface area contributed by atoms with Crippen LogP contribution in [0.25, 0.3) is 5.57 Å². The van der Waals surface area contributed by atoms with E-state index in [1.165, 1.54) is 46.6 Å². The quantitative estimate of drug-likeness (QED) is 0.293. The van der Waals surface area contributed by atoms with Gasteiger partial charge in [0.1, 0.15) is 4.88 Å². The lowest BCUT2D eigenvalue weighted by Crippen LogP contribution is -2.13. The van der Waals surface area contributed by atoms with E-state index < -0.39 is 0 Å². The molecule has 4 nitrogen and oxygen atoms in total. The van der Waals surface area contributed by atoms with Crippen LogP contribution in [0.3, 0.4) is 0 Å². The summed E-state index contributed by atoms with van der Waals surface area (Å²) in [6.07, 6.45) is 11.9. The number of thiophene rings is 1. The van der Waals surface area contributed by atoms with E-state index in [9.17, 15) is 9.90 Å². The fraction of sp³-hybridized carbons (Fsp3) is 0.500. The molecule has 2 atom stereocenters. The highest BCUT2D eigenvalue weighted by Crippen LogP contribution is 2.37. The zero-order valence-electron chi connectivity index (χ0n) is 18.7.